The number of hydrogen-bond donors (Lipinski definition) is 0. The summed E-state index contributed by atoms with van der Waals surface area (Å²) in [6.45, 7) is 0. The SMILES string of the molecule is COc1ccc2c(c1)CCC1=C2C(=O)C(F)(F)C1c1ccccc1. The van der Waals surface area contributed by atoms with Gasteiger partial charge in [-0.3, -0.25) is 4.79 Å². The fourth-order valence-electron chi connectivity index (χ4n) is 3.84. The number of halogens is 2. The summed E-state index contributed by atoms with van der Waals surface area (Å²) in [5.41, 5.74) is 2.79. The zero-order chi connectivity index (χ0) is 16.9. The highest BCUT2D eigenvalue weighted by molar-refractivity contribution is 6.28. The van der Waals surface area contributed by atoms with Crippen molar-refractivity contribution in [3.05, 3.63) is 70.8 Å². The maximum Gasteiger partial charge on any atom is 0.320 e. The van der Waals surface area contributed by atoms with E-state index in [4.69, 9.17) is 4.74 Å². The summed E-state index contributed by atoms with van der Waals surface area (Å²) in [7, 11) is 1.57. The summed E-state index contributed by atoms with van der Waals surface area (Å²) in [5.74, 6) is -4.93. The predicted octanol–water partition coefficient (Wildman–Crippen LogP) is 4.40. The van der Waals surface area contributed by atoms with E-state index >= 15 is 0 Å². The Bertz CT molecular complexity index is 853. The van der Waals surface area contributed by atoms with E-state index in [2.05, 4.69) is 0 Å². The Morgan fingerprint density at radius 1 is 1.08 bits per heavy atom. The van der Waals surface area contributed by atoms with Gasteiger partial charge in [0.25, 0.3) is 0 Å². The van der Waals surface area contributed by atoms with E-state index in [9.17, 15) is 13.6 Å². The largest absolute Gasteiger partial charge is 0.497 e. The topological polar surface area (TPSA) is 26.3 Å². The van der Waals surface area contributed by atoms with Crippen molar-refractivity contribution in [2.45, 2.75) is 24.7 Å². The van der Waals surface area contributed by atoms with E-state index in [1.54, 1.807) is 49.6 Å². The molecule has 2 aromatic rings. The summed E-state index contributed by atoms with van der Waals surface area (Å²) >= 11 is 0. The fraction of sp³-hybridized carbons (Fsp3) is 0.250. The number of aryl methyl sites for hydroxylation is 1. The highest BCUT2D eigenvalue weighted by Gasteiger charge is 2.57. The quantitative estimate of drug-likeness (QED) is 0.818. The number of fused-ring (bicyclic) bond motifs is 2. The first-order chi connectivity index (χ1) is 11.5. The standard InChI is InChI=1S/C20H16F2O2/c1-24-14-8-10-15-13(11-14)7-9-16-17(15)19(23)20(21,22)18(16)12-5-3-2-4-6-12/h2-6,8,10-11,18H,7,9H2,1H3. The number of ketones is 1. The van der Waals surface area contributed by atoms with Gasteiger partial charge >= 0.3 is 5.92 Å². The van der Waals surface area contributed by atoms with Gasteiger partial charge in [-0.25, -0.2) is 0 Å². The van der Waals surface area contributed by atoms with Crippen LogP contribution in [0.5, 0.6) is 5.75 Å². The van der Waals surface area contributed by atoms with Gasteiger partial charge in [0.1, 0.15) is 5.75 Å². The van der Waals surface area contributed by atoms with Gasteiger partial charge in [0.2, 0.25) is 5.78 Å². The van der Waals surface area contributed by atoms with Gasteiger partial charge in [0, 0.05) is 5.57 Å². The maximum absolute atomic E-state index is 14.8. The second kappa shape index (κ2) is 5.26. The molecule has 2 nitrogen and oxygen atoms in total. The van der Waals surface area contributed by atoms with Gasteiger partial charge in [-0.2, -0.15) is 8.78 Å². The first kappa shape index (κ1) is 15.1. The molecule has 0 heterocycles. The zero-order valence-electron chi connectivity index (χ0n) is 13.2. The lowest BCUT2D eigenvalue weighted by atomic mass is 9.82. The Hall–Kier alpha value is -2.49. The molecule has 0 spiro atoms. The summed E-state index contributed by atoms with van der Waals surface area (Å²) in [5, 5.41) is 0. The normalized spacial score (nSPS) is 21.5. The van der Waals surface area contributed by atoms with Crippen molar-refractivity contribution in [3.63, 3.8) is 0 Å². The van der Waals surface area contributed by atoms with Crippen LogP contribution in [0.4, 0.5) is 8.78 Å². The molecule has 0 amide bonds. The van der Waals surface area contributed by atoms with Crippen LogP contribution in [0.25, 0.3) is 5.57 Å². The molecular weight excluding hydrogens is 310 g/mol. The van der Waals surface area contributed by atoms with E-state index in [0.29, 0.717) is 35.3 Å². The summed E-state index contributed by atoms with van der Waals surface area (Å²) in [4.78, 5) is 12.5. The Balaban J connectivity index is 1.90. The second-order valence-electron chi connectivity index (χ2n) is 6.22. The minimum Gasteiger partial charge on any atom is -0.497 e. The van der Waals surface area contributed by atoms with Gasteiger partial charge in [-0.1, -0.05) is 36.4 Å². The second-order valence-corrected chi connectivity index (χ2v) is 6.22. The third-order valence-corrected chi connectivity index (χ3v) is 4.94. The van der Waals surface area contributed by atoms with E-state index < -0.39 is 17.6 Å². The summed E-state index contributed by atoms with van der Waals surface area (Å²) in [6, 6.07) is 13.9. The molecule has 4 heteroatoms. The van der Waals surface area contributed by atoms with Crippen LogP contribution >= 0.6 is 0 Å². The van der Waals surface area contributed by atoms with Crippen LogP contribution in [0.2, 0.25) is 0 Å². The number of methoxy groups -OCH3 is 1. The van der Waals surface area contributed by atoms with E-state index in [1.165, 1.54) is 0 Å². The fourth-order valence-corrected chi connectivity index (χ4v) is 3.84. The number of alkyl halides is 2. The van der Waals surface area contributed by atoms with Crippen molar-refractivity contribution in [1.82, 2.24) is 0 Å². The van der Waals surface area contributed by atoms with Crippen molar-refractivity contribution >= 4 is 11.4 Å². The van der Waals surface area contributed by atoms with Crippen LogP contribution in [0.15, 0.2) is 54.1 Å². The number of ether oxygens (including phenoxy) is 1. The minimum absolute atomic E-state index is 0.206. The van der Waals surface area contributed by atoms with Crippen LogP contribution in [0.3, 0.4) is 0 Å². The molecule has 0 N–H and O–H groups in total. The highest BCUT2D eigenvalue weighted by Crippen LogP contribution is 2.54. The average Bonchev–Trinajstić information content (AvgIpc) is 2.81. The molecule has 0 aliphatic heterocycles. The molecule has 0 saturated carbocycles. The first-order valence-electron chi connectivity index (χ1n) is 7.92. The van der Waals surface area contributed by atoms with Crippen molar-refractivity contribution in [1.29, 1.82) is 0 Å². The molecule has 2 aliphatic rings. The predicted molar refractivity (Wildman–Crippen MR) is 87.4 cm³/mol. The Labute approximate surface area is 138 Å². The summed E-state index contributed by atoms with van der Waals surface area (Å²) in [6.07, 6.45) is 1.11. The van der Waals surface area contributed by atoms with Crippen molar-refractivity contribution in [3.8, 4) is 5.75 Å². The number of allylic oxidation sites excluding steroid dienone is 2. The third kappa shape index (κ3) is 2.02. The molecule has 1 atom stereocenters. The molecule has 0 saturated heterocycles. The molecule has 122 valence electrons. The van der Waals surface area contributed by atoms with Gasteiger partial charge in [-0.15, -0.1) is 0 Å². The van der Waals surface area contributed by atoms with Gasteiger partial charge < -0.3 is 4.74 Å². The molecular formula is C20H16F2O2. The van der Waals surface area contributed by atoms with Crippen LogP contribution < -0.4 is 4.74 Å². The van der Waals surface area contributed by atoms with Gasteiger partial charge in [0.05, 0.1) is 13.0 Å². The van der Waals surface area contributed by atoms with Crippen LogP contribution in [-0.2, 0) is 11.2 Å². The number of benzene rings is 2. The molecule has 24 heavy (non-hydrogen) atoms. The first-order valence-corrected chi connectivity index (χ1v) is 7.92. The lowest BCUT2D eigenvalue weighted by Crippen LogP contribution is -2.30. The lowest BCUT2D eigenvalue weighted by molar-refractivity contribution is -0.136. The van der Waals surface area contributed by atoms with Crippen LogP contribution in [0, 0.1) is 0 Å². The molecule has 1 unspecified atom stereocenters. The molecule has 0 aromatic heterocycles. The molecule has 4 rings (SSSR count). The van der Waals surface area contributed by atoms with E-state index in [1.807, 2.05) is 6.07 Å². The molecule has 2 aliphatic carbocycles. The number of rotatable bonds is 2. The Morgan fingerprint density at radius 3 is 2.54 bits per heavy atom. The van der Waals surface area contributed by atoms with Crippen molar-refractivity contribution in [2.24, 2.45) is 0 Å². The van der Waals surface area contributed by atoms with Crippen LogP contribution in [0.1, 0.15) is 29.0 Å². The maximum atomic E-state index is 14.8. The zero-order valence-corrected chi connectivity index (χ0v) is 13.2. The van der Waals surface area contributed by atoms with Crippen molar-refractivity contribution < 1.29 is 18.3 Å². The number of Topliss-reactive ketones (excluding diaryl/α,β-unsaturated/α-hetero) is 1. The van der Waals surface area contributed by atoms with E-state index in [-0.39, 0.29) is 5.57 Å². The lowest BCUT2D eigenvalue weighted by Gasteiger charge is -2.23. The Kier molecular flexibility index (Phi) is 3.30. The molecule has 2 aromatic carbocycles. The average molecular weight is 326 g/mol. The highest BCUT2D eigenvalue weighted by atomic mass is 19.3. The smallest absolute Gasteiger partial charge is 0.320 e. The van der Waals surface area contributed by atoms with E-state index in [0.717, 1.165) is 5.56 Å². The molecule has 0 bridgehead atoms. The van der Waals surface area contributed by atoms with Crippen molar-refractivity contribution in [2.75, 3.05) is 7.11 Å². The molecule has 0 radical (unpaired) electrons. The number of carbonyl (C=O) groups excluding carboxylic acids is 1. The Morgan fingerprint density at radius 2 is 1.83 bits per heavy atom. The third-order valence-electron chi connectivity index (χ3n) is 4.94. The molecule has 0 fully saturated rings. The summed E-state index contributed by atoms with van der Waals surface area (Å²) < 4.78 is 34.8. The minimum atomic E-state index is -3.40. The van der Waals surface area contributed by atoms with Gasteiger partial charge in [0.15, 0.2) is 0 Å². The monoisotopic (exact) mass is 326 g/mol. The van der Waals surface area contributed by atoms with Crippen LogP contribution in [-0.4, -0.2) is 18.8 Å². The number of carbonyl (C=O) groups is 1. The number of hydrogen-bond acceptors (Lipinski definition) is 2. The van der Waals surface area contributed by atoms with Gasteiger partial charge in [-0.05, 0) is 47.2 Å².